The normalized spacial score (nSPS) is 10.7. The summed E-state index contributed by atoms with van der Waals surface area (Å²) < 4.78 is 7.86. The first kappa shape index (κ1) is 23.1. The molecule has 5 heteroatoms. The van der Waals surface area contributed by atoms with E-state index in [2.05, 4.69) is 5.32 Å². The minimum absolute atomic E-state index is 0.157. The van der Waals surface area contributed by atoms with Crippen molar-refractivity contribution in [2.75, 3.05) is 0 Å². The number of aromatic nitrogens is 2. The maximum Gasteiger partial charge on any atom is 0.270 e. The molecule has 1 amide bonds. The maximum atomic E-state index is 13.5. The lowest BCUT2D eigenvalue weighted by molar-refractivity contribution is 0.0942. The Morgan fingerprint density at radius 3 is 1.92 bits per heavy atom. The summed E-state index contributed by atoms with van der Waals surface area (Å²) in [5, 5.41) is 3.09. The van der Waals surface area contributed by atoms with Gasteiger partial charge in [-0.05, 0) is 36.8 Å². The van der Waals surface area contributed by atoms with Crippen molar-refractivity contribution in [3.63, 3.8) is 0 Å². The van der Waals surface area contributed by atoms with Crippen molar-refractivity contribution in [1.29, 1.82) is 0 Å². The van der Waals surface area contributed by atoms with Gasteiger partial charge in [-0.3, -0.25) is 4.79 Å². The first-order valence-corrected chi connectivity index (χ1v) is 12.0. The van der Waals surface area contributed by atoms with Crippen molar-refractivity contribution in [3.8, 4) is 34.1 Å². The monoisotopic (exact) mass is 473 g/mol. The van der Waals surface area contributed by atoms with Crippen molar-refractivity contribution < 1.29 is 9.53 Å². The van der Waals surface area contributed by atoms with Crippen LogP contribution in [0.3, 0.4) is 0 Å². The second-order valence-corrected chi connectivity index (χ2v) is 8.35. The molecule has 0 atom stereocenters. The van der Waals surface area contributed by atoms with E-state index in [0.29, 0.717) is 24.5 Å². The Bertz CT molecular complexity index is 1430. The van der Waals surface area contributed by atoms with E-state index in [-0.39, 0.29) is 5.91 Å². The SMILES string of the molecule is CCn1c(-c2ccccc2)nc(-c2ccccc2)c1C(=O)NCc1ccc(Oc2ccccc2)cc1. The molecule has 178 valence electrons. The van der Waals surface area contributed by atoms with Crippen LogP contribution in [0.1, 0.15) is 23.0 Å². The summed E-state index contributed by atoms with van der Waals surface area (Å²) in [6.45, 7) is 3.05. The molecule has 0 saturated carbocycles. The molecule has 0 aliphatic heterocycles. The standard InChI is InChI=1S/C31H27N3O2/c1-2-34-29(28(24-12-6-3-7-13-24)33-30(34)25-14-8-4-9-15-25)31(35)32-22-23-18-20-27(21-19-23)36-26-16-10-5-11-17-26/h3-21H,2,22H2,1H3,(H,32,35). The number of benzene rings is 4. The van der Waals surface area contributed by atoms with Crippen LogP contribution in [-0.2, 0) is 13.1 Å². The molecular formula is C31H27N3O2. The number of para-hydroxylation sites is 1. The number of rotatable bonds is 8. The first-order chi connectivity index (χ1) is 17.7. The van der Waals surface area contributed by atoms with Crippen LogP contribution in [-0.4, -0.2) is 15.5 Å². The van der Waals surface area contributed by atoms with Gasteiger partial charge in [0.25, 0.3) is 5.91 Å². The van der Waals surface area contributed by atoms with Crippen LogP contribution in [0.15, 0.2) is 115 Å². The smallest absolute Gasteiger partial charge is 0.270 e. The Morgan fingerprint density at radius 1 is 0.750 bits per heavy atom. The predicted molar refractivity (Wildman–Crippen MR) is 143 cm³/mol. The fourth-order valence-corrected chi connectivity index (χ4v) is 4.16. The molecule has 0 unspecified atom stereocenters. The lowest BCUT2D eigenvalue weighted by atomic mass is 10.1. The van der Waals surface area contributed by atoms with Crippen LogP contribution in [0, 0.1) is 0 Å². The third-order valence-corrected chi connectivity index (χ3v) is 5.93. The van der Waals surface area contributed by atoms with Crippen molar-refractivity contribution in [2.24, 2.45) is 0 Å². The zero-order valence-corrected chi connectivity index (χ0v) is 20.1. The second-order valence-electron chi connectivity index (χ2n) is 8.35. The Morgan fingerprint density at radius 2 is 1.31 bits per heavy atom. The molecule has 1 N–H and O–H groups in total. The third kappa shape index (κ3) is 5.05. The van der Waals surface area contributed by atoms with Gasteiger partial charge >= 0.3 is 0 Å². The van der Waals surface area contributed by atoms with E-state index < -0.39 is 0 Å². The number of hydrogen-bond donors (Lipinski definition) is 1. The molecule has 36 heavy (non-hydrogen) atoms. The fourth-order valence-electron chi connectivity index (χ4n) is 4.16. The molecule has 5 rings (SSSR count). The van der Waals surface area contributed by atoms with Crippen LogP contribution >= 0.6 is 0 Å². The molecule has 0 aliphatic rings. The van der Waals surface area contributed by atoms with E-state index in [0.717, 1.165) is 34.0 Å². The summed E-state index contributed by atoms with van der Waals surface area (Å²) in [6.07, 6.45) is 0. The van der Waals surface area contributed by atoms with E-state index in [1.54, 1.807) is 0 Å². The highest BCUT2D eigenvalue weighted by Crippen LogP contribution is 2.29. The topological polar surface area (TPSA) is 56.2 Å². The van der Waals surface area contributed by atoms with Gasteiger partial charge in [0.15, 0.2) is 0 Å². The van der Waals surface area contributed by atoms with Crippen LogP contribution < -0.4 is 10.1 Å². The lowest BCUT2D eigenvalue weighted by Crippen LogP contribution is -2.26. The molecule has 0 fully saturated rings. The number of carbonyl (C=O) groups is 1. The molecule has 1 heterocycles. The van der Waals surface area contributed by atoms with Crippen molar-refractivity contribution in [3.05, 3.63) is 127 Å². The van der Waals surface area contributed by atoms with E-state index in [1.807, 2.05) is 127 Å². The van der Waals surface area contributed by atoms with Gasteiger partial charge in [-0.15, -0.1) is 0 Å². The highest BCUT2D eigenvalue weighted by molar-refractivity contribution is 5.99. The van der Waals surface area contributed by atoms with Gasteiger partial charge in [-0.2, -0.15) is 0 Å². The predicted octanol–water partition coefficient (Wildman–Crippen LogP) is 6.96. The molecule has 5 nitrogen and oxygen atoms in total. The van der Waals surface area contributed by atoms with Crippen molar-refractivity contribution >= 4 is 5.91 Å². The van der Waals surface area contributed by atoms with Gasteiger partial charge < -0.3 is 14.6 Å². The van der Waals surface area contributed by atoms with Crippen LogP contribution in [0.2, 0.25) is 0 Å². The van der Waals surface area contributed by atoms with E-state index >= 15 is 0 Å². The van der Waals surface area contributed by atoms with Crippen LogP contribution in [0.25, 0.3) is 22.6 Å². The molecule has 0 aliphatic carbocycles. The quantitative estimate of drug-likeness (QED) is 0.265. The Kier molecular flexibility index (Phi) is 6.90. The molecule has 1 aromatic heterocycles. The lowest BCUT2D eigenvalue weighted by Gasteiger charge is -2.12. The third-order valence-electron chi connectivity index (χ3n) is 5.93. The van der Waals surface area contributed by atoms with Gasteiger partial charge in [-0.25, -0.2) is 4.98 Å². The molecule has 0 spiro atoms. The summed E-state index contributed by atoms with van der Waals surface area (Å²) in [5.74, 6) is 2.16. The Balaban J connectivity index is 1.39. The highest BCUT2D eigenvalue weighted by atomic mass is 16.5. The fraction of sp³-hybridized carbons (Fsp3) is 0.0968. The number of ether oxygens (including phenoxy) is 1. The Labute approximate surface area is 211 Å². The van der Waals surface area contributed by atoms with Crippen molar-refractivity contribution in [1.82, 2.24) is 14.9 Å². The average molecular weight is 474 g/mol. The molecule has 0 saturated heterocycles. The largest absolute Gasteiger partial charge is 0.457 e. The van der Waals surface area contributed by atoms with Gasteiger partial charge in [0.1, 0.15) is 28.7 Å². The first-order valence-electron chi connectivity index (χ1n) is 12.0. The second kappa shape index (κ2) is 10.7. The van der Waals surface area contributed by atoms with Gasteiger partial charge in [-0.1, -0.05) is 91.0 Å². The Hall–Kier alpha value is -4.64. The van der Waals surface area contributed by atoms with Gasteiger partial charge in [0, 0.05) is 24.2 Å². The zero-order chi connectivity index (χ0) is 24.7. The van der Waals surface area contributed by atoms with E-state index in [4.69, 9.17) is 9.72 Å². The number of imidazole rings is 1. The van der Waals surface area contributed by atoms with E-state index in [1.165, 1.54) is 0 Å². The number of nitrogens with one attached hydrogen (secondary N) is 1. The number of nitrogens with zero attached hydrogens (tertiary/aromatic N) is 2. The summed E-state index contributed by atoms with van der Waals surface area (Å²) in [6, 6.07) is 37.2. The number of amides is 1. The van der Waals surface area contributed by atoms with E-state index in [9.17, 15) is 4.79 Å². The molecular weight excluding hydrogens is 446 g/mol. The summed E-state index contributed by atoms with van der Waals surface area (Å²) in [5.41, 5.74) is 4.11. The molecule has 0 radical (unpaired) electrons. The number of carbonyl (C=O) groups excluding carboxylic acids is 1. The van der Waals surface area contributed by atoms with Crippen LogP contribution in [0.5, 0.6) is 11.5 Å². The molecule has 5 aromatic rings. The average Bonchev–Trinajstić information content (AvgIpc) is 3.34. The summed E-state index contributed by atoms with van der Waals surface area (Å²) in [7, 11) is 0. The minimum atomic E-state index is -0.157. The van der Waals surface area contributed by atoms with Crippen LogP contribution in [0.4, 0.5) is 0 Å². The van der Waals surface area contributed by atoms with Gasteiger partial charge in [0.2, 0.25) is 0 Å². The minimum Gasteiger partial charge on any atom is -0.457 e. The summed E-state index contributed by atoms with van der Waals surface area (Å²) in [4.78, 5) is 18.5. The number of hydrogen-bond acceptors (Lipinski definition) is 3. The molecule has 0 bridgehead atoms. The van der Waals surface area contributed by atoms with Gasteiger partial charge in [0.05, 0.1) is 0 Å². The van der Waals surface area contributed by atoms with Crippen molar-refractivity contribution in [2.45, 2.75) is 20.0 Å². The maximum absolute atomic E-state index is 13.5. The highest BCUT2D eigenvalue weighted by Gasteiger charge is 2.24. The molecule has 4 aromatic carbocycles. The summed E-state index contributed by atoms with van der Waals surface area (Å²) >= 11 is 0. The zero-order valence-electron chi connectivity index (χ0n) is 20.1.